The number of amides is 2. The number of hydrogen-bond acceptors (Lipinski definition) is 7. The number of carbonyl (C=O) groups is 1. The number of nitrogens with zero attached hydrogens (tertiary/aromatic N) is 3. The number of benzene rings is 1. The molecule has 9 nitrogen and oxygen atoms in total. The van der Waals surface area contributed by atoms with Crippen molar-refractivity contribution in [2.75, 3.05) is 33.0 Å². The highest BCUT2D eigenvalue weighted by molar-refractivity contribution is 6.09. The molecule has 2 aromatic rings. The summed E-state index contributed by atoms with van der Waals surface area (Å²) in [5.41, 5.74) is 11.7. The molecule has 1 unspecified atom stereocenters. The van der Waals surface area contributed by atoms with Gasteiger partial charge in [0.25, 0.3) is 0 Å². The van der Waals surface area contributed by atoms with Crippen LogP contribution in [0.25, 0.3) is 10.9 Å². The van der Waals surface area contributed by atoms with E-state index in [1.54, 1.807) is 11.9 Å². The summed E-state index contributed by atoms with van der Waals surface area (Å²) in [6, 6.07) is 5.23. The maximum absolute atomic E-state index is 13.3. The lowest BCUT2D eigenvalue weighted by Gasteiger charge is -2.31. The molecule has 0 spiro atoms. The second-order valence-corrected chi connectivity index (χ2v) is 13.0. The van der Waals surface area contributed by atoms with Gasteiger partial charge in [0, 0.05) is 61.1 Å². The maximum Gasteiger partial charge on any atom is 0.317 e. The predicted molar refractivity (Wildman–Crippen MR) is 191 cm³/mol. The lowest BCUT2D eigenvalue weighted by atomic mass is 10.1. The predicted octanol–water partition coefficient (Wildman–Crippen LogP) is 6.55. The Morgan fingerprint density at radius 1 is 1.22 bits per heavy atom. The van der Waals surface area contributed by atoms with Gasteiger partial charge >= 0.3 is 6.03 Å². The number of aryl methyl sites for hydroxylation is 1. The van der Waals surface area contributed by atoms with Gasteiger partial charge in [-0.25, -0.2) is 9.78 Å². The summed E-state index contributed by atoms with van der Waals surface area (Å²) < 4.78 is 6.48. The molecule has 0 saturated heterocycles. The quantitative estimate of drug-likeness (QED) is 0.0645. The van der Waals surface area contributed by atoms with E-state index in [9.17, 15) is 4.79 Å². The molecule has 248 valence electrons. The third kappa shape index (κ3) is 8.50. The minimum Gasteiger partial charge on any atom is -0.493 e. The topological polar surface area (TPSA) is 117 Å². The molecule has 4 rings (SSSR count). The molecule has 9 heteroatoms. The molecule has 1 aromatic carbocycles. The normalized spacial score (nSPS) is 16.8. The average Bonchev–Trinajstić information content (AvgIpc) is 3.97. The smallest absolute Gasteiger partial charge is 0.317 e. The van der Waals surface area contributed by atoms with E-state index in [2.05, 4.69) is 47.6 Å². The Bertz CT molecular complexity index is 1520. The van der Waals surface area contributed by atoms with E-state index in [1.807, 2.05) is 57.3 Å². The minimum absolute atomic E-state index is 0.135. The number of fused-ring (bicyclic) bond motifs is 1. The van der Waals surface area contributed by atoms with Crippen molar-refractivity contribution in [2.24, 2.45) is 4.99 Å². The van der Waals surface area contributed by atoms with Crippen LogP contribution in [-0.2, 0) is 0 Å². The summed E-state index contributed by atoms with van der Waals surface area (Å²) in [5.74, 6) is 0.686. The molecular weight excluding hydrogens is 574 g/mol. The highest BCUT2D eigenvalue weighted by atomic mass is 16.5. The lowest BCUT2D eigenvalue weighted by Crippen LogP contribution is -2.50. The fraction of sp³-hybridized carbons (Fsp3) is 0.486. The number of ether oxygens (including phenoxy) is 1. The number of nitrogen functional groups attached to an aromatic ring is 1. The zero-order valence-electron chi connectivity index (χ0n) is 28.5. The number of urea groups is 1. The zero-order chi connectivity index (χ0) is 33.5. The molecule has 1 atom stereocenters. The second kappa shape index (κ2) is 14.9. The van der Waals surface area contributed by atoms with Crippen LogP contribution in [0.3, 0.4) is 0 Å². The number of anilines is 1. The van der Waals surface area contributed by atoms with Gasteiger partial charge in [-0.2, -0.15) is 0 Å². The summed E-state index contributed by atoms with van der Waals surface area (Å²) in [4.78, 5) is 24.4. The number of nitrogens with two attached hydrogens (primary N) is 1. The van der Waals surface area contributed by atoms with Crippen molar-refractivity contribution in [3.8, 4) is 5.75 Å². The number of aromatic nitrogens is 1. The fourth-order valence-electron chi connectivity index (χ4n) is 5.53. The van der Waals surface area contributed by atoms with Gasteiger partial charge in [-0.15, -0.1) is 6.58 Å². The Kier molecular flexibility index (Phi) is 11.2. The zero-order valence-corrected chi connectivity index (χ0v) is 28.5. The molecular formula is C37H53N7O2. The number of rotatable bonds is 18. The molecule has 2 saturated carbocycles. The van der Waals surface area contributed by atoms with Gasteiger partial charge in [0.15, 0.2) is 0 Å². The summed E-state index contributed by atoms with van der Waals surface area (Å²) in [7, 11) is 3.58. The van der Waals surface area contributed by atoms with Gasteiger partial charge in [-0.3, -0.25) is 4.99 Å². The fourth-order valence-corrected chi connectivity index (χ4v) is 5.53. The Hall–Kier alpha value is -4.27. The van der Waals surface area contributed by atoms with Crippen LogP contribution in [0.4, 0.5) is 10.5 Å². The Labute approximate surface area is 275 Å². The SMILES string of the molecule is C=CCCCCN(C)C(=O)NC(CCOc1cc(C(/C=C\C)=NC)nc2c(C)c(N)ccc12)C(=C)NC1(C(=C)NC2(C)CC2)CC1. The molecule has 2 aliphatic rings. The molecule has 0 radical (unpaired) electrons. The largest absolute Gasteiger partial charge is 0.493 e. The van der Waals surface area contributed by atoms with Crippen molar-refractivity contribution in [1.82, 2.24) is 25.8 Å². The maximum atomic E-state index is 13.3. The van der Waals surface area contributed by atoms with Crippen molar-refractivity contribution in [1.29, 1.82) is 0 Å². The minimum atomic E-state index is -0.370. The van der Waals surface area contributed by atoms with Crippen LogP contribution in [0, 0.1) is 6.92 Å². The van der Waals surface area contributed by atoms with Gasteiger partial charge in [0.05, 0.1) is 35.1 Å². The first-order valence-corrected chi connectivity index (χ1v) is 16.5. The molecule has 46 heavy (non-hydrogen) atoms. The van der Waals surface area contributed by atoms with Crippen LogP contribution in [0.15, 0.2) is 72.6 Å². The van der Waals surface area contributed by atoms with E-state index in [4.69, 9.17) is 15.5 Å². The van der Waals surface area contributed by atoms with Crippen LogP contribution >= 0.6 is 0 Å². The summed E-state index contributed by atoms with van der Waals surface area (Å²) in [6.45, 7) is 19.7. The number of unbranched alkanes of at least 4 members (excludes halogenated alkanes) is 2. The van der Waals surface area contributed by atoms with Crippen LogP contribution in [-0.4, -0.2) is 66.0 Å². The first-order valence-electron chi connectivity index (χ1n) is 16.5. The van der Waals surface area contributed by atoms with Gasteiger partial charge in [0.2, 0.25) is 0 Å². The number of nitrogens with one attached hydrogen (secondary N) is 3. The van der Waals surface area contributed by atoms with Gasteiger partial charge < -0.3 is 31.3 Å². The molecule has 1 aromatic heterocycles. The van der Waals surface area contributed by atoms with Crippen LogP contribution in [0.5, 0.6) is 5.75 Å². The standard InChI is InChI=1S/C37H53N7O2/c1-9-11-12-13-22-44(8)35(45)41-30(26(4)42-37(20-21-37)27(5)43-36(6)18-19-36)17-23-46-33-24-32(31(39-7)14-10-2)40-34-25(3)29(38)16-15-28(33)34/h9-10,14-16,24,30,42-43H,1,4-5,11-13,17-23,38H2,2-3,6-8H3,(H,41,45)/b14-10-,39-31?. The van der Waals surface area contributed by atoms with E-state index < -0.39 is 0 Å². The molecule has 0 bridgehead atoms. The molecule has 2 fully saturated rings. The van der Waals surface area contributed by atoms with E-state index in [-0.39, 0.29) is 23.2 Å². The van der Waals surface area contributed by atoms with E-state index in [0.29, 0.717) is 36.7 Å². The van der Waals surface area contributed by atoms with Crippen LogP contribution < -0.4 is 26.4 Å². The van der Waals surface area contributed by atoms with Gasteiger partial charge in [-0.05, 0) is 89.5 Å². The summed E-state index contributed by atoms with van der Waals surface area (Å²) in [6.07, 6.45) is 13.4. The highest BCUT2D eigenvalue weighted by Crippen LogP contribution is 2.45. The number of pyridine rings is 1. The van der Waals surface area contributed by atoms with Crippen molar-refractivity contribution in [3.63, 3.8) is 0 Å². The average molecular weight is 628 g/mol. The van der Waals surface area contributed by atoms with Crippen LogP contribution in [0.2, 0.25) is 0 Å². The number of aliphatic imine (C=N–C) groups is 1. The Balaban J connectivity index is 1.53. The van der Waals surface area contributed by atoms with E-state index >= 15 is 0 Å². The number of hydrogen-bond donors (Lipinski definition) is 4. The Morgan fingerprint density at radius 3 is 2.59 bits per heavy atom. The van der Waals surface area contributed by atoms with E-state index in [1.165, 1.54) is 0 Å². The van der Waals surface area contributed by atoms with Gasteiger partial charge in [0.1, 0.15) is 5.75 Å². The Morgan fingerprint density at radius 2 is 1.96 bits per heavy atom. The molecule has 1 heterocycles. The van der Waals surface area contributed by atoms with Crippen molar-refractivity contribution >= 4 is 28.3 Å². The number of allylic oxidation sites excluding steroid dienone is 3. The monoisotopic (exact) mass is 627 g/mol. The first-order chi connectivity index (χ1) is 22.0. The van der Waals surface area contributed by atoms with Crippen molar-refractivity contribution in [2.45, 2.75) is 89.3 Å². The third-order valence-electron chi connectivity index (χ3n) is 9.13. The van der Waals surface area contributed by atoms with E-state index in [0.717, 1.165) is 78.5 Å². The molecule has 2 amide bonds. The van der Waals surface area contributed by atoms with Crippen molar-refractivity contribution in [3.05, 3.63) is 78.8 Å². The number of carbonyl (C=O) groups excluding carboxylic acids is 1. The third-order valence-corrected chi connectivity index (χ3v) is 9.13. The molecule has 2 aliphatic carbocycles. The molecule has 0 aliphatic heterocycles. The summed E-state index contributed by atoms with van der Waals surface area (Å²) in [5, 5.41) is 11.4. The first kappa shape index (κ1) is 34.6. The highest BCUT2D eigenvalue weighted by Gasteiger charge is 2.49. The lowest BCUT2D eigenvalue weighted by molar-refractivity contribution is 0.201. The summed E-state index contributed by atoms with van der Waals surface area (Å²) >= 11 is 0. The van der Waals surface area contributed by atoms with Crippen molar-refractivity contribution < 1.29 is 9.53 Å². The van der Waals surface area contributed by atoms with Crippen LogP contribution in [0.1, 0.15) is 76.5 Å². The second-order valence-electron chi connectivity index (χ2n) is 13.0. The van der Waals surface area contributed by atoms with Gasteiger partial charge in [-0.1, -0.05) is 25.3 Å². The molecule has 5 N–H and O–H groups in total.